The molecule has 0 bridgehead atoms. The SMILES string of the molecule is Cc1cc(C2C(c3ccccn3)NC(=S)N2c2ccc(N(C)C)cc2)c(C)n1-c1cccc(Cl)c1Cl. The molecule has 5 rings (SSSR count). The van der Waals surface area contributed by atoms with E-state index in [4.69, 9.17) is 35.4 Å². The summed E-state index contributed by atoms with van der Waals surface area (Å²) >= 11 is 18.9. The van der Waals surface area contributed by atoms with Gasteiger partial charge < -0.3 is 19.7 Å². The fourth-order valence-corrected chi connectivity index (χ4v) is 5.71. The number of benzene rings is 2. The van der Waals surface area contributed by atoms with Crippen LogP contribution < -0.4 is 15.1 Å². The molecule has 2 aromatic carbocycles. The fourth-order valence-electron chi connectivity index (χ4n) is 4.98. The van der Waals surface area contributed by atoms with Crippen LogP contribution in [0.1, 0.15) is 34.7 Å². The van der Waals surface area contributed by atoms with Gasteiger partial charge in [0.25, 0.3) is 0 Å². The van der Waals surface area contributed by atoms with E-state index in [9.17, 15) is 0 Å². The molecule has 184 valence electrons. The van der Waals surface area contributed by atoms with Crippen LogP contribution in [-0.2, 0) is 0 Å². The van der Waals surface area contributed by atoms with Gasteiger partial charge in [-0.3, -0.25) is 4.98 Å². The Morgan fingerprint density at radius 1 is 0.972 bits per heavy atom. The fraction of sp³-hybridized carbons (Fsp3) is 0.214. The number of anilines is 2. The summed E-state index contributed by atoms with van der Waals surface area (Å²) in [6.07, 6.45) is 1.82. The molecule has 8 heteroatoms. The van der Waals surface area contributed by atoms with Crippen LogP contribution in [0.25, 0.3) is 5.69 Å². The summed E-state index contributed by atoms with van der Waals surface area (Å²) in [6.45, 7) is 4.20. The van der Waals surface area contributed by atoms with Crippen molar-refractivity contribution in [1.82, 2.24) is 14.9 Å². The molecule has 1 fully saturated rings. The van der Waals surface area contributed by atoms with Crippen LogP contribution in [0, 0.1) is 13.8 Å². The number of thiocarbonyl (C=S) groups is 1. The second kappa shape index (κ2) is 9.77. The first-order valence-electron chi connectivity index (χ1n) is 11.7. The normalized spacial score (nSPS) is 17.4. The summed E-state index contributed by atoms with van der Waals surface area (Å²) in [4.78, 5) is 8.96. The first-order chi connectivity index (χ1) is 17.3. The smallest absolute Gasteiger partial charge is 0.174 e. The lowest BCUT2D eigenvalue weighted by Gasteiger charge is -2.28. The Labute approximate surface area is 227 Å². The Kier molecular flexibility index (Phi) is 6.68. The Hall–Kier alpha value is -3.06. The zero-order valence-corrected chi connectivity index (χ0v) is 22.9. The van der Waals surface area contributed by atoms with Crippen molar-refractivity contribution in [2.75, 3.05) is 23.9 Å². The summed E-state index contributed by atoms with van der Waals surface area (Å²) in [5, 5.41) is 5.28. The molecule has 1 saturated heterocycles. The van der Waals surface area contributed by atoms with Crippen molar-refractivity contribution >= 4 is 51.9 Å². The van der Waals surface area contributed by atoms with E-state index in [1.807, 2.05) is 50.6 Å². The summed E-state index contributed by atoms with van der Waals surface area (Å²) in [5.41, 5.74) is 7.22. The molecule has 2 atom stereocenters. The molecule has 0 radical (unpaired) electrons. The third-order valence-electron chi connectivity index (χ3n) is 6.70. The summed E-state index contributed by atoms with van der Waals surface area (Å²) in [6, 6.07) is 22.1. The number of nitrogens with zero attached hydrogens (tertiary/aromatic N) is 4. The van der Waals surface area contributed by atoms with Gasteiger partial charge in [-0.05, 0) is 86.2 Å². The van der Waals surface area contributed by atoms with Crippen LogP contribution in [0.3, 0.4) is 0 Å². The molecule has 3 heterocycles. The summed E-state index contributed by atoms with van der Waals surface area (Å²) < 4.78 is 2.16. The monoisotopic (exact) mass is 535 g/mol. The first-order valence-corrected chi connectivity index (χ1v) is 12.9. The molecule has 0 amide bonds. The van der Waals surface area contributed by atoms with Crippen molar-refractivity contribution in [3.05, 3.63) is 106 Å². The van der Waals surface area contributed by atoms with Crippen molar-refractivity contribution in [2.24, 2.45) is 0 Å². The predicted octanol–water partition coefficient (Wildman–Crippen LogP) is 7.04. The molecule has 5 nitrogen and oxygen atoms in total. The predicted molar refractivity (Wildman–Crippen MR) is 154 cm³/mol. The van der Waals surface area contributed by atoms with Gasteiger partial charge in [-0.1, -0.05) is 35.3 Å². The lowest BCUT2D eigenvalue weighted by Crippen LogP contribution is -2.29. The molecule has 1 aliphatic heterocycles. The molecule has 0 saturated carbocycles. The third kappa shape index (κ3) is 4.23. The molecule has 0 aliphatic carbocycles. The van der Waals surface area contributed by atoms with Gasteiger partial charge in [0.2, 0.25) is 0 Å². The standard InChI is InChI=1S/C28H27Cl2N5S/c1-17-16-21(18(2)34(17)24-10-7-8-22(29)25(24)30)27-26(23-9-5-6-15-31-23)32-28(36)35(27)20-13-11-19(12-14-20)33(3)4/h5-16,26-27H,1-4H3,(H,32,36). The van der Waals surface area contributed by atoms with E-state index in [1.165, 1.54) is 0 Å². The number of aromatic nitrogens is 2. The first kappa shape index (κ1) is 24.6. The minimum atomic E-state index is -0.129. The molecule has 36 heavy (non-hydrogen) atoms. The molecule has 2 unspecified atom stereocenters. The summed E-state index contributed by atoms with van der Waals surface area (Å²) in [5.74, 6) is 0. The highest BCUT2D eigenvalue weighted by atomic mass is 35.5. The maximum absolute atomic E-state index is 6.64. The van der Waals surface area contributed by atoms with Gasteiger partial charge in [0.05, 0.1) is 33.5 Å². The highest BCUT2D eigenvalue weighted by Crippen LogP contribution is 2.44. The van der Waals surface area contributed by atoms with E-state index in [0.717, 1.165) is 39.7 Å². The minimum absolute atomic E-state index is 0.115. The van der Waals surface area contributed by atoms with Crippen molar-refractivity contribution in [3.63, 3.8) is 0 Å². The highest BCUT2D eigenvalue weighted by Gasteiger charge is 2.42. The number of pyridine rings is 1. The van der Waals surface area contributed by atoms with Gasteiger partial charge in [0.1, 0.15) is 0 Å². The van der Waals surface area contributed by atoms with Crippen molar-refractivity contribution in [1.29, 1.82) is 0 Å². The van der Waals surface area contributed by atoms with Crippen LogP contribution in [0.4, 0.5) is 11.4 Å². The maximum Gasteiger partial charge on any atom is 0.174 e. The number of hydrogen-bond donors (Lipinski definition) is 1. The van der Waals surface area contributed by atoms with Crippen LogP contribution >= 0.6 is 35.4 Å². The van der Waals surface area contributed by atoms with E-state index in [0.29, 0.717) is 15.2 Å². The van der Waals surface area contributed by atoms with Gasteiger partial charge in [-0.15, -0.1) is 0 Å². The lowest BCUT2D eigenvalue weighted by molar-refractivity contribution is 0.565. The second-order valence-corrected chi connectivity index (χ2v) is 10.3. The van der Waals surface area contributed by atoms with Gasteiger partial charge in [0, 0.05) is 43.1 Å². The van der Waals surface area contributed by atoms with E-state index in [2.05, 4.69) is 68.8 Å². The van der Waals surface area contributed by atoms with Crippen molar-refractivity contribution in [3.8, 4) is 5.69 Å². The van der Waals surface area contributed by atoms with E-state index < -0.39 is 0 Å². The van der Waals surface area contributed by atoms with E-state index in [1.54, 1.807) is 6.07 Å². The highest BCUT2D eigenvalue weighted by molar-refractivity contribution is 7.80. The molecule has 0 spiro atoms. The Morgan fingerprint density at radius 2 is 1.72 bits per heavy atom. The average Bonchev–Trinajstić information content (AvgIpc) is 3.36. The van der Waals surface area contributed by atoms with Gasteiger partial charge in [-0.2, -0.15) is 0 Å². The van der Waals surface area contributed by atoms with E-state index >= 15 is 0 Å². The summed E-state index contributed by atoms with van der Waals surface area (Å²) in [7, 11) is 4.07. The Bertz CT molecular complexity index is 1420. The average molecular weight is 537 g/mol. The number of aryl methyl sites for hydroxylation is 1. The van der Waals surface area contributed by atoms with Crippen molar-refractivity contribution < 1.29 is 0 Å². The number of nitrogens with one attached hydrogen (secondary N) is 1. The second-order valence-electron chi connectivity index (χ2n) is 9.14. The lowest BCUT2D eigenvalue weighted by atomic mass is 9.96. The molecular formula is C28H27Cl2N5S. The third-order valence-corrected chi connectivity index (χ3v) is 7.83. The van der Waals surface area contributed by atoms with Crippen LogP contribution in [0.5, 0.6) is 0 Å². The zero-order chi connectivity index (χ0) is 25.6. The van der Waals surface area contributed by atoms with Crippen LogP contribution in [0.15, 0.2) is 72.9 Å². The van der Waals surface area contributed by atoms with E-state index in [-0.39, 0.29) is 12.1 Å². The molecular weight excluding hydrogens is 509 g/mol. The zero-order valence-electron chi connectivity index (χ0n) is 20.5. The molecule has 1 N–H and O–H groups in total. The van der Waals surface area contributed by atoms with Gasteiger partial charge in [-0.25, -0.2) is 0 Å². The van der Waals surface area contributed by atoms with Crippen molar-refractivity contribution in [2.45, 2.75) is 25.9 Å². The topological polar surface area (TPSA) is 36.3 Å². The minimum Gasteiger partial charge on any atom is -0.378 e. The number of hydrogen-bond acceptors (Lipinski definition) is 3. The quantitative estimate of drug-likeness (QED) is 0.277. The largest absolute Gasteiger partial charge is 0.378 e. The molecule has 1 aliphatic rings. The van der Waals surface area contributed by atoms with Gasteiger partial charge >= 0.3 is 0 Å². The molecule has 2 aromatic heterocycles. The van der Waals surface area contributed by atoms with Crippen LogP contribution in [-0.4, -0.2) is 28.8 Å². The van der Waals surface area contributed by atoms with Gasteiger partial charge in [0.15, 0.2) is 5.11 Å². The number of halogens is 2. The Morgan fingerprint density at radius 3 is 2.39 bits per heavy atom. The van der Waals surface area contributed by atoms with Crippen LogP contribution in [0.2, 0.25) is 10.0 Å². The maximum atomic E-state index is 6.64. The number of rotatable bonds is 5. The Balaban J connectivity index is 1.68. The molecule has 4 aromatic rings.